The van der Waals surface area contributed by atoms with Gasteiger partial charge in [0.15, 0.2) is 0 Å². The second-order valence-corrected chi connectivity index (χ2v) is 9.44. The summed E-state index contributed by atoms with van der Waals surface area (Å²) in [6.07, 6.45) is 1.86. The number of ether oxygens (including phenoxy) is 2. The summed E-state index contributed by atoms with van der Waals surface area (Å²) in [5, 5.41) is 0.405. The van der Waals surface area contributed by atoms with Gasteiger partial charge in [-0.25, -0.2) is 14.6 Å². The van der Waals surface area contributed by atoms with E-state index in [0.717, 1.165) is 22.5 Å². The van der Waals surface area contributed by atoms with Gasteiger partial charge in [-0.05, 0) is 49.6 Å². The number of nitrogens with zero attached hydrogens (tertiary/aromatic N) is 2. The fourth-order valence-corrected chi connectivity index (χ4v) is 4.75. The molecule has 0 atom stereocenters. The Morgan fingerprint density at radius 2 is 1.77 bits per heavy atom. The summed E-state index contributed by atoms with van der Waals surface area (Å²) < 4.78 is 12.2. The van der Waals surface area contributed by atoms with Crippen molar-refractivity contribution in [2.45, 2.75) is 39.8 Å². The van der Waals surface area contributed by atoms with Gasteiger partial charge in [0.25, 0.3) is 5.56 Å². The lowest BCUT2D eigenvalue weighted by Crippen LogP contribution is -2.21. The maximum Gasteiger partial charge on any atom is 0.348 e. The first kappa shape index (κ1) is 24.3. The van der Waals surface area contributed by atoms with Crippen LogP contribution in [0, 0.1) is 6.92 Å². The molecule has 0 N–H and O–H groups in total. The number of esters is 2. The standard InChI is InChI=1S/C27H26N2O5S/c1-17(2)34-26(31)21-11-7-10-20(14-21)15-29-16-28-24-22(25(29)30)18(3)23(35-24)27(32)33-13-12-19-8-5-4-6-9-19/h4-11,14,16-17H,12-13,15H2,1-3H3. The Bertz CT molecular complexity index is 1420. The van der Waals surface area contributed by atoms with E-state index in [9.17, 15) is 14.4 Å². The van der Waals surface area contributed by atoms with Crippen LogP contribution in [-0.2, 0) is 22.4 Å². The molecular weight excluding hydrogens is 464 g/mol. The van der Waals surface area contributed by atoms with Crippen LogP contribution in [0.3, 0.4) is 0 Å². The van der Waals surface area contributed by atoms with E-state index < -0.39 is 11.9 Å². The molecule has 7 nitrogen and oxygen atoms in total. The van der Waals surface area contributed by atoms with E-state index in [1.807, 2.05) is 36.4 Å². The van der Waals surface area contributed by atoms with Crippen LogP contribution in [0.4, 0.5) is 0 Å². The molecule has 8 heteroatoms. The zero-order chi connectivity index (χ0) is 24.9. The topological polar surface area (TPSA) is 87.5 Å². The van der Waals surface area contributed by atoms with E-state index in [0.29, 0.717) is 32.6 Å². The van der Waals surface area contributed by atoms with Crippen LogP contribution in [0.25, 0.3) is 10.2 Å². The van der Waals surface area contributed by atoms with Gasteiger partial charge < -0.3 is 9.47 Å². The molecule has 0 aliphatic rings. The molecule has 35 heavy (non-hydrogen) atoms. The summed E-state index contributed by atoms with van der Waals surface area (Å²) in [7, 11) is 0. The van der Waals surface area contributed by atoms with E-state index in [1.165, 1.54) is 10.9 Å². The molecule has 0 fully saturated rings. The van der Waals surface area contributed by atoms with Gasteiger partial charge in [-0.15, -0.1) is 11.3 Å². The quantitative estimate of drug-likeness (QED) is 0.330. The van der Waals surface area contributed by atoms with Crippen molar-refractivity contribution >= 4 is 33.5 Å². The maximum absolute atomic E-state index is 13.2. The maximum atomic E-state index is 13.2. The lowest BCUT2D eigenvalue weighted by Gasteiger charge is -2.10. The van der Waals surface area contributed by atoms with Gasteiger partial charge >= 0.3 is 11.9 Å². The third-order valence-electron chi connectivity index (χ3n) is 5.43. The van der Waals surface area contributed by atoms with Crippen molar-refractivity contribution in [1.82, 2.24) is 9.55 Å². The number of benzene rings is 2. The summed E-state index contributed by atoms with van der Waals surface area (Å²) in [4.78, 5) is 43.4. The number of aromatic nitrogens is 2. The van der Waals surface area contributed by atoms with Gasteiger partial charge in [0.2, 0.25) is 0 Å². The summed E-state index contributed by atoms with van der Waals surface area (Å²) >= 11 is 1.16. The Balaban J connectivity index is 1.52. The first-order valence-corrected chi connectivity index (χ1v) is 12.1. The van der Waals surface area contributed by atoms with Crippen molar-refractivity contribution in [3.05, 3.63) is 98.4 Å². The second kappa shape index (κ2) is 10.7. The SMILES string of the molecule is Cc1c(C(=O)OCCc2ccccc2)sc2ncn(Cc3cccc(C(=O)OC(C)C)c3)c(=O)c12. The number of hydrogen-bond acceptors (Lipinski definition) is 7. The molecule has 4 rings (SSSR count). The van der Waals surface area contributed by atoms with Gasteiger partial charge in [0, 0.05) is 6.42 Å². The fourth-order valence-electron chi connectivity index (χ4n) is 3.71. The number of aryl methyl sites for hydroxylation is 1. The van der Waals surface area contributed by atoms with Crippen LogP contribution >= 0.6 is 11.3 Å². The van der Waals surface area contributed by atoms with Crippen LogP contribution in [0.5, 0.6) is 0 Å². The van der Waals surface area contributed by atoms with E-state index in [-0.39, 0.29) is 24.8 Å². The van der Waals surface area contributed by atoms with Gasteiger partial charge in [0.05, 0.1) is 36.5 Å². The number of carbonyl (C=O) groups is 2. The zero-order valence-corrected chi connectivity index (χ0v) is 20.6. The van der Waals surface area contributed by atoms with Crippen molar-refractivity contribution in [3.8, 4) is 0 Å². The predicted molar refractivity (Wildman–Crippen MR) is 135 cm³/mol. The van der Waals surface area contributed by atoms with Gasteiger partial charge in [-0.3, -0.25) is 9.36 Å². The molecule has 2 aromatic heterocycles. The van der Waals surface area contributed by atoms with E-state index in [4.69, 9.17) is 9.47 Å². The first-order valence-electron chi connectivity index (χ1n) is 11.3. The minimum Gasteiger partial charge on any atom is -0.461 e. The molecule has 0 radical (unpaired) electrons. The normalized spacial score (nSPS) is 11.1. The minimum absolute atomic E-state index is 0.221. The summed E-state index contributed by atoms with van der Waals surface area (Å²) in [5.41, 5.74) is 2.59. The number of hydrogen-bond donors (Lipinski definition) is 0. The Labute approximate surface area is 207 Å². The van der Waals surface area contributed by atoms with Crippen LogP contribution in [0.15, 0.2) is 65.7 Å². The van der Waals surface area contributed by atoms with Crippen molar-refractivity contribution in [2.24, 2.45) is 0 Å². The van der Waals surface area contributed by atoms with Crippen molar-refractivity contribution < 1.29 is 19.1 Å². The third-order valence-corrected chi connectivity index (χ3v) is 6.61. The molecule has 0 unspecified atom stereocenters. The summed E-state index contributed by atoms with van der Waals surface area (Å²) in [6.45, 7) is 5.81. The zero-order valence-electron chi connectivity index (χ0n) is 19.8. The van der Waals surface area contributed by atoms with Crippen LogP contribution in [0.2, 0.25) is 0 Å². The number of rotatable bonds is 8. The lowest BCUT2D eigenvalue weighted by atomic mass is 10.1. The third kappa shape index (κ3) is 5.66. The van der Waals surface area contributed by atoms with Gasteiger partial charge in [-0.1, -0.05) is 42.5 Å². The van der Waals surface area contributed by atoms with Crippen molar-refractivity contribution in [1.29, 1.82) is 0 Å². The fraction of sp³-hybridized carbons (Fsp3) is 0.259. The van der Waals surface area contributed by atoms with E-state index in [1.54, 1.807) is 39.0 Å². The lowest BCUT2D eigenvalue weighted by molar-refractivity contribution is 0.0377. The Morgan fingerprint density at radius 1 is 1.03 bits per heavy atom. The van der Waals surface area contributed by atoms with Gasteiger partial charge in [0.1, 0.15) is 9.71 Å². The molecule has 0 spiro atoms. The number of thiophene rings is 1. The highest BCUT2D eigenvalue weighted by Crippen LogP contribution is 2.27. The highest BCUT2D eigenvalue weighted by atomic mass is 32.1. The van der Waals surface area contributed by atoms with Crippen LogP contribution < -0.4 is 5.56 Å². The predicted octanol–water partition coefficient (Wildman–Crippen LogP) is 4.78. The molecule has 0 saturated heterocycles. The van der Waals surface area contributed by atoms with E-state index in [2.05, 4.69) is 4.98 Å². The Morgan fingerprint density at radius 3 is 2.51 bits per heavy atom. The first-order chi connectivity index (χ1) is 16.8. The molecule has 0 aliphatic heterocycles. The van der Waals surface area contributed by atoms with Crippen molar-refractivity contribution in [3.63, 3.8) is 0 Å². The smallest absolute Gasteiger partial charge is 0.348 e. The molecule has 0 amide bonds. The molecule has 180 valence electrons. The minimum atomic E-state index is -0.455. The van der Waals surface area contributed by atoms with E-state index >= 15 is 0 Å². The molecule has 0 aliphatic carbocycles. The molecule has 2 aromatic carbocycles. The molecule has 0 saturated carbocycles. The number of fused-ring (bicyclic) bond motifs is 1. The highest BCUT2D eigenvalue weighted by Gasteiger charge is 2.21. The average Bonchev–Trinajstić information content (AvgIpc) is 3.18. The largest absolute Gasteiger partial charge is 0.461 e. The molecular formula is C27H26N2O5S. The average molecular weight is 491 g/mol. The number of carbonyl (C=O) groups excluding carboxylic acids is 2. The second-order valence-electron chi connectivity index (χ2n) is 8.44. The summed E-state index contributed by atoms with van der Waals surface area (Å²) in [5.74, 6) is -0.865. The Hall–Kier alpha value is -3.78. The summed E-state index contributed by atoms with van der Waals surface area (Å²) in [6, 6.07) is 16.8. The highest BCUT2D eigenvalue weighted by molar-refractivity contribution is 7.20. The Kier molecular flexibility index (Phi) is 7.41. The van der Waals surface area contributed by atoms with Gasteiger partial charge in [-0.2, -0.15) is 0 Å². The molecule has 0 bridgehead atoms. The molecule has 4 aromatic rings. The monoisotopic (exact) mass is 490 g/mol. The van der Waals surface area contributed by atoms with Crippen LogP contribution in [-0.4, -0.2) is 34.2 Å². The molecule has 2 heterocycles. The van der Waals surface area contributed by atoms with Crippen LogP contribution in [0.1, 0.15) is 50.6 Å². The van der Waals surface area contributed by atoms with Crippen molar-refractivity contribution in [2.75, 3.05) is 6.61 Å².